The van der Waals surface area contributed by atoms with Crippen molar-refractivity contribution in [3.8, 4) is 5.88 Å². The minimum absolute atomic E-state index is 0.496. The summed E-state index contributed by atoms with van der Waals surface area (Å²) in [5.74, 6) is -3.45. The second kappa shape index (κ2) is 5.96. The van der Waals surface area contributed by atoms with Crippen LogP contribution in [-0.2, 0) is 16.8 Å². The third-order valence-corrected chi connectivity index (χ3v) is 2.38. The number of hydrogen-bond acceptors (Lipinski definition) is 4. The predicted octanol–water partition coefficient (Wildman–Crippen LogP) is 3.52. The molecule has 0 aliphatic carbocycles. The maximum Gasteiger partial charge on any atom is 0.574 e. The van der Waals surface area contributed by atoms with E-state index in [1.807, 2.05) is 0 Å². The van der Waals surface area contributed by atoms with Crippen LogP contribution in [0.4, 0.5) is 26.3 Å². The van der Waals surface area contributed by atoms with Crippen molar-refractivity contribution in [3.63, 3.8) is 0 Å². The van der Waals surface area contributed by atoms with Crippen LogP contribution in [0.15, 0.2) is 6.07 Å². The lowest BCUT2D eigenvalue weighted by atomic mass is 10.1. The zero-order chi connectivity index (χ0) is 16.4. The van der Waals surface area contributed by atoms with Crippen LogP contribution in [0.25, 0.3) is 0 Å². The van der Waals surface area contributed by atoms with Gasteiger partial charge < -0.3 is 9.47 Å². The lowest BCUT2D eigenvalue weighted by Crippen LogP contribution is -2.22. The third kappa shape index (κ3) is 4.38. The number of nitrogens with zero attached hydrogens (tertiary/aromatic N) is 1. The molecule has 0 N–H and O–H groups in total. The first-order valence-electron chi connectivity index (χ1n) is 5.00. The summed E-state index contributed by atoms with van der Waals surface area (Å²) < 4.78 is 82.2. The Bertz CT molecular complexity index is 543. The van der Waals surface area contributed by atoms with Crippen LogP contribution in [0.3, 0.4) is 0 Å². The number of pyridine rings is 1. The Morgan fingerprint density at radius 2 is 1.86 bits per heavy atom. The molecule has 0 bridgehead atoms. The van der Waals surface area contributed by atoms with E-state index >= 15 is 0 Å². The zero-order valence-corrected chi connectivity index (χ0v) is 10.9. The number of carbonyl (C=O) groups is 1. The molecule has 0 atom stereocenters. The number of halogens is 7. The molecule has 4 nitrogen and oxygen atoms in total. The highest BCUT2D eigenvalue weighted by molar-refractivity contribution is 6.17. The molecule has 0 amide bonds. The van der Waals surface area contributed by atoms with Gasteiger partial charge in [-0.3, -0.25) is 0 Å². The molecule has 1 aromatic rings. The molecular weight excluding hydrogens is 332 g/mol. The smallest absolute Gasteiger partial charge is 0.465 e. The predicted molar refractivity (Wildman–Crippen MR) is 56.8 cm³/mol. The molecule has 1 aromatic heterocycles. The van der Waals surface area contributed by atoms with Crippen LogP contribution in [0.5, 0.6) is 5.88 Å². The quantitative estimate of drug-likeness (QED) is 0.481. The van der Waals surface area contributed by atoms with Gasteiger partial charge in [-0.05, 0) is 6.07 Å². The van der Waals surface area contributed by atoms with Gasteiger partial charge in [-0.15, -0.1) is 24.8 Å². The van der Waals surface area contributed by atoms with Crippen molar-refractivity contribution in [2.24, 2.45) is 0 Å². The number of hydrogen-bond donors (Lipinski definition) is 0. The number of ether oxygens (including phenoxy) is 2. The average molecular weight is 338 g/mol. The van der Waals surface area contributed by atoms with Crippen LogP contribution >= 0.6 is 11.6 Å². The van der Waals surface area contributed by atoms with Gasteiger partial charge in [-0.1, -0.05) is 0 Å². The second-order valence-electron chi connectivity index (χ2n) is 3.52. The summed E-state index contributed by atoms with van der Waals surface area (Å²) in [5.41, 5.74) is -3.46. The molecule has 0 spiro atoms. The van der Waals surface area contributed by atoms with E-state index in [1.54, 1.807) is 0 Å². The Morgan fingerprint density at radius 1 is 1.29 bits per heavy atom. The highest BCUT2D eigenvalue weighted by Gasteiger charge is 2.41. The topological polar surface area (TPSA) is 48.4 Å². The van der Waals surface area contributed by atoms with Crippen LogP contribution in [0.2, 0.25) is 0 Å². The first-order valence-corrected chi connectivity index (χ1v) is 5.54. The second-order valence-corrected chi connectivity index (χ2v) is 3.79. The number of carbonyl (C=O) groups excluding carboxylic acids is 1. The van der Waals surface area contributed by atoms with Gasteiger partial charge >= 0.3 is 18.5 Å². The van der Waals surface area contributed by atoms with Crippen molar-refractivity contribution in [2.45, 2.75) is 18.4 Å². The molecular formula is C10H6ClF6NO3. The molecule has 0 aromatic carbocycles. The molecule has 0 unspecified atom stereocenters. The van der Waals surface area contributed by atoms with E-state index in [4.69, 9.17) is 11.6 Å². The van der Waals surface area contributed by atoms with Crippen molar-refractivity contribution < 1.29 is 40.6 Å². The molecule has 1 rings (SSSR count). The lowest BCUT2D eigenvalue weighted by molar-refractivity contribution is -0.276. The highest BCUT2D eigenvalue weighted by atomic mass is 35.5. The summed E-state index contributed by atoms with van der Waals surface area (Å²) >= 11 is 5.33. The van der Waals surface area contributed by atoms with Gasteiger partial charge in [-0.2, -0.15) is 13.2 Å². The fraction of sp³-hybridized carbons (Fsp3) is 0.400. The fourth-order valence-corrected chi connectivity index (χ4v) is 1.50. The zero-order valence-electron chi connectivity index (χ0n) is 10.1. The summed E-state index contributed by atoms with van der Waals surface area (Å²) in [7, 11) is 0.809. The molecule has 0 aliphatic rings. The Kier molecular flexibility index (Phi) is 4.92. The summed E-state index contributed by atoms with van der Waals surface area (Å²) in [4.78, 5) is 14.0. The van der Waals surface area contributed by atoms with E-state index in [1.165, 1.54) is 0 Å². The molecule has 0 radical (unpaired) electrons. The fourth-order valence-electron chi connectivity index (χ4n) is 1.31. The maximum absolute atomic E-state index is 12.8. The van der Waals surface area contributed by atoms with Crippen molar-refractivity contribution in [1.29, 1.82) is 0 Å². The standard InChI is InChI=1S/C10H6ClF6NO3/c1-20-8(19)5-2-4(3-11)7(21-10(15,16)17)18-6(5)9(12,13)14/h2H,3H2,1H3. The van der Waals surface area contributed by atoms with E-state index in [2.05, 4.69) is 14.5 Å². The Balaban J connectivity index is 3.52. The van der Waals surface area contributed by atoms with Crippen molar-refractivity contribution >= 4 is 17.6 Å². The Hall–Kier alpha value is -1.71. The number of rotatable bonds is 3. The molecule has 0 aliphatic heterocycles. The normalized spacial score (nSPS) is 12.2. The largest absolute Gasteiger partial charge is 0.574 e. The van der Waals surface area contributed by atoms with Gasteiger partial charge in [0.25, 0.3) is 0 Å². The van der Waals surface area contributed by atoms with Crippen LogP contribution in [-0.4, -0.2) is 24.4 Å². The van der Waals surface area contributed by atoms with Crippen molar-refractivity contribution in [2.75, 3.05) is 7.11 Å². The van der Waals surface area contributed by atoms with Gasteiger partial charge in [0, 0.05) is 5.56 Å². The summed E-state index contributed by atoms with van der Waals surface area (Å²) in [5, 5.41) is 0. The maximum atomic E-state index is 12.8. The first kappa shape index (κ1) is 17.3. The lowest BCUT2D eigenvalue weighted by Gasteiger charge is -2.16. The van der Waals surface area contributed by atoms with E-state index < -0.39 is 47.1 Å². The monoisotopic (exact) mass is 337 g/mol. The first-order chi connectivity index (χ1) is 9.49. The Labute approximate surface area is 118 Å². The van der Waals surface area contributed by atoms with Crippen LogP contribution in [0.1, 0.15) is 21.6 Å². The SMILES string of the molecule is COC(=O)c1cc(CCl)c(OC(F)(F)F)nc1C(F)(F)F. The van der Waals surface area contributed by atoms with Gasteiger partial charge in [-0.25, -0.2) is 9.78 Å². The molecule has 11 heteroatoms. The number of esters is 1. The molecule has 0 saturated heterocycles. The average Bonchev–Trinajstić information content (AvgIpc) is 2.34. The summed E-state index contributed by atoms with van der Waals surface area (Å²) in [6.07, 6.45) is -10.4. The van der Waals surface area contributed by atoms with Gasteiger partial charge in [0.05, 0.1) is 18.6 Å². The number of alkyl halides is 7. The third-order valence-electron chi connectivity index (χ3n) is 2.09. The number of aromatic nitrogens is 1. The number of methoxy groups -OCH3 is 1. The van der Waals surface area contributed by atoms with E-state index in [-0.39, 0.29) is 0 Å². The van der Waals surface area contributed by atoms with Gasteiger partial charge in [0.15, 0.2) is 5.69 Å². The molecule has 1 heterocycles. The van der Waals surface area contributed by atoms with Crippen molar-refractivity contribution in [1.82, 2.24) is 4.98 Å². The van der Waals surface area contributed by atoms with E-state index in [0.717, 1.165) is 7.11 Å². The minimum Gasteiger partial charge on any atom is -0.465 e. The van der Waals surface area contributed by atoms with Crippen molar-refractivity contribution in [3.05, 3.63) is 22.9 Å². The van der Waals surface area contributed by atoms with Crippen LogP contribution in [0, 0.1) is 0 Å². The summed E-state index contributed by atoms with van der Waals surface area (Å²) in [6, 6.07) is 0.496. The highest BCUT2D eigenvalue weighted by Crippen LogP contribution is 2.35. The minimum atomic E-state index is -5.26. The van der Waals surface area contributed by atoms with E-state index in [0.29, 0.717) is 6.07 Å². The molecule has 0 saturated carbocycles. The molecule has 0 fully saturated rings. The van der Waals surface area contributed by atoms with Gasteiger partial charge in [0.1, 0.15) is 0 Å². The molecule has 21 heavy (non-hydrogen) atoms. The Morgan fingerprint density at radius 3 is 2.24 bits per heavy atom. The molecule has 118 valence electrons. The summed E-state index contributed by atoms with van der Waals surface area (Å²) in [6.45, 7) is 0. The van der Waals surface area contributed by atoms with Gasteiger partial charge in [0.2, 0.25) is 5.88 Å². The van der Waals surface area contributed by atoms with E-state index in [9.17, 15) is 31.1 Å². The van der Waals surface area contributed by atoms with Crippen LogP contribution < -0.4 is 4.74 Å².